The van der Waals surface area contributed by atoms with Crippen molar-refractivity contribution >= 4 is 52.0 Å². The number of carbonyl (C=O) groups excluding carboxylic acids is 1. The molecule has 2 aromatic rings. The molecule has 1 fully saturated rings. The maximum atomic E-state index is 12.3. The molecule has 0 aliphatic carbocycles. The molecule has 1 saturated heterocycles. The minimum absolute atomic E-state index is 0.108. The number of carboxylic acids is 1. The first-order chi connectivity index (χ1) is 13.6. The van der Waals surface area contributed by atoms with Gasteiger partial charge in [0, 0.05) is 48.6 Å². The molecule has 2 aliphatic heterocycles. The summed E-state index contributed by atoms with van der Waals surface area (Å²) in [5.41, 5.74) is 1.98. The van der Waals surface area contributed by atoms with E-state index in [0.29, 0.717) is 25.3 Å². The highest BCUT2D eigenvalue weighted by Crippen LogP contribution is 2.39. The summed E-state index contributed by atoms with van der Waals surface area (Å²) in [6.07, 6.45) is 4.78. The van der Waals surface area contributed by atoms with E-state index >= 15 is 0 Å². The number of carboxylic acid groups (broad SMARTS) is 1. The van der Waals surface area contributed by atoms with Crippen LogP contribution in [0.25, 0.3) is 10.9 Å². The van der Waals surface area contributed by atoms with Gasteiger partial charge >= 0.3 is 5.97 Å². The third-order valence-corrected chi connectivity index (χ3v) is 7.55. The van der Waals surface area contributed by atoms with E-state index in [9.17, 15) is 14.7 Å². The highest BCUT2D eigenvalue weighted by atomic mass is 32.2. The minimum Gasteiger partial charge on any atom is -0.478 e. The molecule has 4 rings (SSSR count). The van der Waals surface area contributed by atoms with E-state index in [1.165, 1.54) is 23.5 Å². The lowest BCUT2D eigenvalue weighted by Gasteiger charge is -2.28. The molecule has 3 heterocycles. The standard InChI is InChI=1S/C18H21N5O3S2/c24-16-4-2-14(11-19-13-1-3-15-12(9-13)10-21-22-15)23(16)6-8-28-18(17(25)26)20-5-7-27-18/h1,3,5,7,9-10,14,19-20H,2,4,6,8,11H2,(H,21,22)(H,25,26)/t14-,18?/m1/s1. The van der Waals surface area contributed by atoms with E-state index < -0.39 is 10.2 Å². The average Bonchev–Trinajstić information content (AvgIpc) is 3.41. The van der Waals surface area contributed by atoms with Crippen LogP contribution in [0.1, 0.15) is 12.8 Å². The van der Waals surface area contributed by atoms with Crippen LogP contribution in [-0.2, 0) is 9.59 Å². The lowest BCUT2D eigenvalue weighted by atomic mass is 10.2. The molecule has 2 aliphatic rings. The quantitative estimate of drug-likeness (QED) is 0.516. The Bertz CT molecular complexity index is 908. The van der Waals surface area contributed by atoms with E-state index in [1.54, 1.807) is 17.8 Å². The van der Waals surface area contributed by atoms with Gasteiger partial charge in [-0.2, -0.15) is 5.10 Å². The van der Waals surface area contributed by atoms with Crippen molar-refractivity contribution in [1.29, 1.82) is 0 Å². The van der Waals surface area contributed by atoms with Crippen LogP contribution in [0.4, 0.5) is 5.69 Å². The molecule has 148 valence electrons. The number of hydrogen-bond acceptors (Lipinski definition) is 7. The van der Waals surface area contributed by atoms with Gasteiger partial charge in [0.1, 0.15) is 0 Å². The summed E-state index contributed by atoms with van der Waals surface area (Å²) >= 11 is 2.55. The zero-order valence-electron chi connectivity index (χ0n) is 15.1. The number of aromatic nitrogens is 2. The Morgan fingerprint density at radius 1 is 1.50 bits per heavy atom. The second kappa shape index (κ2) is 7.96. The Kier molecular flexibility index (Phi) is 5.40. The highest BCUT2D eigenvalue weighted by Gasteiger charge is 2.41. The first-order valence-electron chi connectivity index (χ1n) is 9.02. The molecule has 1 amide bonds. The number of benzene rings is 1. The number of thioether (sulfide) groups is 2. The predicted molar refractivity (Wildman–Crippen MR) is 112 cm³/mol. The van der Waals surface area contributed by atoms with Crippen molar-refractivity contribution in [2.24, 2.45) is 0 Å². The van der Waals surface area contributed by atoms with Crippen molar-refractivity contribution in [3.63, 3.8) is 0 Å². The number of aromatic amines is 1. The van der Waals surface area contributed by atoms with E-state index in [2.05, 4.69) is 20.8 Å². The van der Waals surface area contributed by atoms with Crippen LogP contribution in [0.2, 0.25) is 0 Å². The van der Waals surface area contributed by atoms with Crippen molar-refractivity contribution < 1.29 is 14.7 Å². The van der Waals surface area contributed by atoms with Gasteiger partial charge in [-0.25, -0.2) is 4.79 Å². The molecule has 2 atom stereocenters. The lowest BCUT2D eigenvalue weighted by molar-refractivity contribution is -0.137. The number of nitrogens with zero attached hydrogens (tertiary/aromatic N) is 2. The number of fused-ring (bicyclic) bond motifs is 1. The third-order valence-electron chi connectivity index (χ3n) is 4.93. The summed E-state index contributed by atoms with van der Waals surface area (Å²) in [7, 11) is 0. The number of hydrogen-bond donors (Lipinski definition) is 4. The maximum absolute atomic E-state index is 12.3. The van der Waals surface area contributed by atoms with Crippen LogP contribution in [-0.4, -0.2) is 61.2 Å². The smallest absolute Gasteiger partial charge is 0.351 e. The summed E-state index contributed by atoms with van der Waals surface area (Å²) in [6.45, 7) is 1.20. The summed E-state index contributed by atoms with van der Waals surface area (Å²) in [5, 5.41) is 25.5. The molecule has 0 radical (unpaired) electrons. The van der Waals surface area contributed by atoms with Crippen molar-refractivity contribution in [2.45, 2.75) is 23.1 Å². The molecule has 8 nitrogen and oxygen atoms in total. The van der Waals surface area contributed by atoms with E-state index in [4.69, 9.17) is 0 Å². The normalized spacial score (nSPS) is 24.1. The Morgan fingerprint density at radius 2 is 2.39 bits per heavy atom. The Morgan fingerprint density at radius 3 is 3.18 bits per heavy atom. The number of amides is 1. The molecule has 10 heteroatoms. The largest absolute Gasteiger partial charge is 0.478 e. The van der Waals surface area contributed by atoms with Crippen LogP contribution < -0.4 is 10.6 Å². The number of nitrogens with one attached hydrogen (secondary N) is 3. The summed E-state index contributed by atoms with van der Waals surface area (Å²) in [4.78, 5) is 25.7. The second-order valence-corrected chi connectivity index (χ2v) is 9.36. The first-order valence-corrected chi connectivity index (χ1v) is 10.9. The van der Waals surface area contributed by atoms with Gasteiger partial charge in [-0.3, -0.25) is 9.89 Å². The Hall–Kier alpha value is -2.33. The Labute approximate surface area is 170 Å². The highest BCUT2D eigenvalue weighted by molar-refractivity contribution is 8.20. The topological polar surface area (TPSA) is 110 Å². The lowest BCUT2D eigenvalue weighted by Crippen LogP contribution is -2.43. The molecule has 0 spiro atoms. The number of H-pyrrole nitrogens is 1. The monoisotopic (exact) mass is 419 g/mol. The van der Waals surface area contributed by atoms with Crippen molar-refractivity contribution in [2.75, 3.05) is 24.2 Å². The molecule has 28 heavy (non-hydrogen) atoms. The summed E-state index contributed by atoms with van der Waals surface area (Å²) in [5.74, 6) is -0.225. The molecular weight excluding hydrogens is 398 g/mol. The number of anilines is 1. The maximum Gasteiger partial charge on any atom is 0.351 e. The van der Waals surface area contributed by atoms with Gasteiger partial charge in [0.05, 0.1) is 11.7 Å². The van der Waals surface area contributed by atoms with Crippen LogP contribution >= 0.6 is 23.5 Å². The van der Waals surface area contributed by atoms with Crippen LogP contribution in [0.15, 0.2) is 36.0 Å². The van der Waals surface area contributed by atoms with E-state index in [1.807, 2.05) is 23.1 Å². The molecule has 1 unspecified atom stereocenters. The van der Waals surface area contributed by atoms with Gasteiger partial charge in [-0.05, 0) is 30.0 Å². The minimum atomic E-state index is -1.09. The van der Waals surface area contributed by atoms with Crippen molar-refractivity contribution in [3.8, 4) is 0 Å². The summed E-state index contributed by atoms with van der Waals surface area (Å²) < 4.78 is -1.09. The molecule has 4 N–H and O–H groups in total. The van der Waals surface area contributed by atoms with Crippen LogP contribution in [0.3, 0.4) is 0 Å². The summed E-state index contributed by atoms with van der Waals surface area (Å²) in [6, 6.07) is 6.10. The number of carbonyl (C=O) groups is 2. The SMILES string of the molecule is O=C1CC[C@H](CNc2ccc3[nH]ncc3c2)N1CCSC1(C(=O)O)NC=CS1. The molecule has 0 bridgehead atoms. The zero-order chi connectivity index (χ0) is 19.6. The van der Waals surface area contributed by atoms with Gasteiger partial charge in [0.25, 0.3) is 0 Å². The number of rotatable bonds is 8. The Balaban J connectivity index is 1.32. The molecular formula is C18H21N5O3S2. The van der Waals surface area contributed by atoms with Gasteiger partial charge in [0.15, 0.2) is 0 Å². The van der Waals surface area contributed by atoms with Gasteiger partial charge in [0.2, 0.25) is 10.1 Å². The van der Waals surface area contributed by atoms with Crippen LogP contribution in [0.5, 0.6) is 0 Å². The van der Waals surface area contributed by atoms with Crippen molar-refractivity contribution in [1.82, 2.24) is 20.4 Å². The zero-order valence-corrected chi connectivity index (χ0v) is 16.7. The molecule has 0 saturated carbocycles. The van der Waals surface area contributed by atoms with E-state index in [0.717, 1.165) is 23.0 Å². The average molecular weight is 420 g/mol. The van der Waals surface area contributed by atoms with E-state index in [-0.39, 0.29) is 11.9 Å². The van der Waals surface area contributed by atoms with Crippen LogP contribution in [0, 0.1) is 0 Å². The van der Waals surface area contributed by atoms with Gasteiger partial charge in [-0.15, -0.1) is 11.8 Å². The second-order valence-electron chi connectivity index (χ2n) is 6.67. The predicted octanol–water partition coefficient (Wildman–Crippen LogP) is 2.25. The third kappa shape index (κ3) is 3.79. The molecule has 1 aromatic heterocycles. The fourth-order valence-corrected chi connectivity index (χ4v) is 5.55. The fraction of sp³-hybridized carbons (Fsp3) is 0.389. The van der Waals surface area contributed by atoms with Crippen molar-refractivity contribution in [3.05, 3.63) is 36.0 Å². The first kappa shape index (κ1) is 19.0. The van der Waals surface area contributed by atoms with Gasteiger partial charge < -0.3 is 20.6 Å². The molecule has 1 aromatic carbocycles. The number of aliphatic carboxylic acids is 1. The fourth-order valence-electron chi connectivity index (χ4n) is 3.45. The van der Waals surface area contributed by atoms with Gasteiger partial charge in [-0.1, -0.05) is 11.8 Å². The number of likely N-dealkylation sites (tertiary alicyclic amines) is 1.